The van der Waals surface area contributed by atoms with Gasteiger partial charge in [-0.25, -0.2) is 0 Å². The minimum absolute atomic E-state index is 0.0678. The van der Waals surface area contributed by atoms with Crippen LogP contribution < -0.4 is 5.43 Å². The molecule has 20 heavy (non-hydrogen) atoms. The van der Waals surface area contributed by atoms with Crippen LogP contribution in [0.1, 0.15) is 23.8 Å². The van der Waals surface area contributed by atoms with Crippen molar-refractivity contribution in [3.8, 4) is 5.75 Å². The van der Waals surface area contributed by atoms with Crippen molar-refractivity contribution in [2.45, 2.75) is 27.2 Å². The van der Waals surface area contributed by atoms with Crippen LogP contribution in [-0.2, 0) is 16.0 Å². The van der Waals surface area contributed by atoms with Crippen molar-refractivity contribution in [2.24, 2.45) is 0 Å². The number of phenolic OH excluding ortho intramolecular Hbond substituents is 1. The van der Waals surface area contributed by atoms with Crippen LogP contribution >= 0.6 is 0 Å². The van der Waals surface area contributed by atoms with Crippen molar-refractivity contribution in [3.63, 3.8) is 0 Å². The zero-order valence-electron chi connectivity index (χ0n) is 11.6. The molecule has 1 aromatic heterocycles. The highest BCUT2D eigenvalue weighted by atomic mass is 16.5. The summed E-state index contributed by atoms with van der Waals surface area (Å²) in [5, 5.41) is 10.00. The van der Waals surface area contributed by atoms with E-state index >= 15 is 0 Å². The number of aryl methyl sites for hydroxylation is 2. The first kappa shape index (κ1) is 14.1. The first-order valence-electron chi connectivity index (χ1n) is 6.35. The van der Waals surface area contributed by atoms with Gasteiger partial charge in [-0.2, -0.15) is 0 Å². The van der Waals surface area contributed by atoms with E-state index in [9.17, 15) is 14.7 Å². The Labute approximate surface area is 115 Å². The second-order valence-corrected chi connectivity index (χ2v) is 4.58. The van der Waals surface area contributed by atoms with Gasteiger partial charge in [0, 0.05) is 11.6 Å². The summed E-state index contributed by atoms with van der Waals surface area (Å²) in [7, 11) is 0. The van der Waals surface area contributed by atoms with Gasteiger partial charge in [0.05, 0.1) is 18.4 Å². The number of phenols is 1. The molecule has 2 rings (SSSR count). The van der Waals surface area contributed by atoms with E-state index in [0.29, 0.717) is 27.9 Å². The molecule has 0 atom stereocenters. The van der Waals surface area contributed by atoms with Crippen molar-refractivity contribution in [1.29, 1.82) is 0 Å². The second kappa shape index (κ2) is 5.36. The number of fused-ring (bicyclic) bond motifs is 1. The van der Waals surface area contributed by atoms with Gasteiger partial charge in [-0.05, 0) is 32.4 Å². The van der Waals surface area contributed by atoms with Gasteiger partial charge >= 0.3 is 5.97 Å². The van der Waals surface area contributed by atoms with Crippen molar-refractivity contribution < 1.29 is 19.1 Å². The van der Waals surface area contributed by atoms with Crippen LogP contribution in [-0.4, -0.2) is 17.7 Å². The topological polar surface area (TPSA) is 76.7 Å². The third kappa shape index (κ3) is 2.52. The Balaban J connectivity index is 2.59. The second-order valence-electron chi connectivity index (χ2n) is 4.58. The lowest BCUT2D eigenvalue weighted by molar-refractivity contribution is -0.142. The molecule has 0 saturated carbocycles. The number of esters is 1. The van der Waals surface area contributed by atoms with Gasteiger partial charge in [0.1, 0.15) is 17.1 Å². The lowest BCUT2D eigenvalue weighted by Crippen LogP contribution is -2.17. The third-order valence-electron chi connectivity index (χ3n) is 3.13. The van der Waals surface area contributed by atoms with Gasteiger partial charge in [0.25, 0.3) is 0 Å². The van der Waals surface area contributed by atoms with Gasteiger partial charge in [-0.1, -0.05) is 0 Å². The average molecular weight is 276 g/mol. The molecule has 0 fully saturated rings. The van der Waals surface area contributed by atoms with Gasteiger partial charge in [0.15, 0.2) is 5.43 Å². The number of hydrogen-bond acceptors (Lipinski definition) is 5. The molecule has 0 amide bonds. The molecular weight excluding hydrogens is 260 g/mol. The molecule has 5 heteroatoms. The van der Waals surface area contributed by atoms with E-state index in [1.165, 1.54) is 6.07 Å². The van der Waals surface area contributed by atoms with E-state index in [1.54, 1.807) is 26.8 Å². The Kier molecular flexibility index (Phi) is 3.79. The normalized spacial score (nSPS) is 10.8. The van der Waals surface area contributed by atoms with Crippen LogP contribution in [0.15, 0.2) is 21.3 Å². The summed E-state index contributed by atoms with van der Waals surface area (Å²) in [5.41, 5.74) is 0.917. The summed E-state index contributed by atoms with van der Waals surface area (Å²) >= 11 is 0. The van der Waals surface area contributed by atoms with Crippen LogP contribution in [0.3, 0.4) is 0 Å². The summed E-state index contributed by atoms with van der Waals surface area (Å²) in [4.78, 5) is 23.9. The van der Waals surface area contributed by atoms with Crippen LogP contribution in [0.2, 0.25) is 0 Å². The van der Waals surface area contributed by atoms with E-state index in [4.69, 9.17) is 9.15 Å². The van der Waals surface area contributed by atoms with Crippen LogP contribution in [0.25, 0.3) is 11.0 Å². The van der Waals surface area contributed by atoms with E-state index in [-0.39, 0.29) is 24.2 Å². The highest BCUT2D eigenvalue weighted by molar-refractivity contribution is 5.81. The van der Waals surface area contributed by atoms with Crippen LogP contribution in [0.5, 0.6) is 5.75 Å². The largest absolute Gasteiger partial charge is 0.508 e. The van der Waals surface area contributed by atoms with Crippen molar-refractivity contribution in [3.05, 3.63) is 39.2 Å². The highest BCUT2D eigenvalue weighted by Gasteiger charge is 2.16. The molecule has 0 unspecified atom stereocenters. The molecule has 1 heterocycles. The summed E-state index contributed by atoms with van der Waals surface area (Å²) < 4.78 is 10.4. The lowest BCUT2D eigenvalue weighted by Gasteiger charge is -2.08. The van der Waals surface area contributed by atoms with Crippen molar-refractivity contribution in [1.82, 2.24) is 0 Å². The molecule has 1 aromatic carbocycles. The van der Waals surface area contributed by atoms with Crippen LogP contribution in [0, 0.1) is 13.8 Å². The number of hydrogen-bond donors (Lipinski definition) is 1. The Hall–Kier alpha value is -2.30. The minimum atomic E-state index is -0.460. The first-order chi connectivity index (χ1) is 9.43. The SMILES string of the molecule is CCOC(=O)Cc1c(C)oc2cc(O)c(C)cc2c1=O. The highest BCUT2D eigenvalue weighted by Crippen LogP contribution is 2.24. The molecule has 106 valence electrons. The first-order valence-corrected chi connectivity index (χ1v) is 6.35. The molecule has 2 aromatic rings. The zero-order valence-corrected chi connectivity index (χ0v) is 11.6. The molecule has 0 bridgehead atoms. The van der Waals surface area contributed by atoms with Gasteiger partial charge < -0.3 is 14.3 Å². The molecule has 0 aliphatic heterocycles. The molecule has 0 spiro atoms. The van der Waals surface area contributed by atoms with Gasteiger partial charge in [-0.3, -0.25) is 9.59 Å². The van der Waals surface area contributed by atoms with E-state index in [1.807, 2.05) is 0 Å². The van der Waals surface area contributed by atoms with E-state index < -0.39 is 5.97 Å². The zero-order chi connectivity index (χ0) is 14.9. The standard InChI is InChI=1S/C15H16O5/c1-4-19-14(17)6-10-9(3)20-13-7-12(16)8(2)5-11(13)15(10)18/h5,7,16H,4,6H2,1-3H3. The quantitative estimate of drug-likeness (QED) is 0.870. The van der Waals surface area contributed by atoms with Gasteiger partial charge in [-0.15, -0.1) is 0 Å². The molecule has 0 aliphatic rings. The number of rotatable bonds is 3. The molecule has 0 radical (unpaired) electrons. The summed E-state index contributed by atoms with van der Waals surface area (Å²) in [6.07, 6.45) is -0.113. The Morgan fingerprint density at radius 2 is 2.05 bits per heavy atom. The van der Waals surface area contributed by atoms with E-state index in [0.717, 1.165) is 0 Å². The lowest BCUT2D eigenvalue weighted by atomic mass is 10.1. The molecule has 0 saturated heterocycles. The fraction of sp³-hybridized carbons (Fsp3) is 0.333. The Morgan fingerprint density at radius 3 is 2.70 bits per heavy atom. The summed E-state index contributed by atoms with van der Waals surface area (Å²) in [5.74, 6) is -0.0326. The van der Waals surface area contributed by atoms with Crippen molar-refractivity contribution in [2.75, 3.05) is 6.61 Å². The monoisotopic (exact) mass is 276 g/mol. The van der Waals surface area contributed by atoms with Crippen LogP contribution in [0.4, 0.5) is 0 Å². The number of benzene rings is 1. The average Bonchev–Trinajstić information content (AvgIpc) is 2.38. The minimum Gasteiger partial charge on any atom is -0.508 e. The third-order valence-corrected chi connectivity index (χ3v) is 3.13. The number of carbonyl (C=O) groups excluding carboxylic acids is 1. The Morgan fingerprint density at radius 1 is 1.35 bits per heavy atom. The molecule has 5 nitrogen and oxygen atoms in total. The smallest absolute Gasteiger partial charge is 0.310 e. The molecule has 0 aliphatic carbocycles. The van der Waals surface area contributed by atoms with Gasteiger partial charge in [0.2, 0.25) is 0 Å². The molecule has 1 N–H and O–H groups in total. The van der Waals surface area contributed by atoms with Crippen molar-refractivity contribution >= 4 is 16.9 Å². The fourth-order valence-electron chi connectivity index (χ4n) is 2.05. The number of aromatic hydroxyl groups is 1. The Bertz CT molecular complexity index is 727. The predicted molar refractivity (Wildman–Crippen MR) is 74.0 cm³/mol. The maximum atomic E-state index is 12.4. The predicted octanol–water partition coefficient (Wildman–Crippen LogP) is 2.22. The number of carbonyl (C=O) groups is 1. The summed E-state index contributed by atoms with van der Waals surface area (Å²) in [6, 6.07) is 2.97. The number of ether oxygens (including phenoxy) is 1. The fourth-order valence-corrected chi connectivity index (χ4v) is 2.05. The van der Waals surface area contributed by atoms with E-state index in [2.05, 4.69) is 0 Å². The summed E-state index contributed by atoms with van der Waals surface area (Å²) in [6.45, 7) is 5.29. The molecular formula is C15H16O5. The maximum absolute atomic E-state index is 12.4. The maximum Gasteiger partial charge on any atom is 0.310 e.